The molecule has 4 aromatic carbocycles. The Morgan fingerprint density at radius 1 is 0.875 bits per heavy atom. The van der Waals surface area contributed by atoms with Crippen molar-refractivity contribution in [1.82, 2.24) is 5.32 Å². The van der Waals surface area contributed by atoms with Crippen LogP contribution in [0.1, 0.15) is 10.4 Å². The number of amides is 1. The number of hydrogen-bond donors (Lipinski definition) is 2. The molecule has 1 saturated heterocycles. The first-order valence-corrected chi connectivity index (χ1v) is 11.2. The normalized spacial score (nSPS) is 13.8. The minimum atomic E-state index is -0.116. The summed E-state index contributed by atoms with van der Waals surface area (Å²) in [6.45, 7) is 3.62. The third-order valence-electron chi connectivity index (χ3n) is 5.92. The van der Waals surface area contributed by atoms with Crippen LogP contribution in [-0.2, 0) is 0 Å². The average Bonchev–Trinajstić information content (AvgIpc) is 2.84. The fourth-order valence-electron chi connectivity index (χ4n) is 4.29. The molecule has 1 aliphatic heterocycles. The zero-order chi connectivity index (χ0) is 21.9. The molecule has 1 aliphatic rings. The highest BCUT2D eigenvalue weighted by Crippen LogP contribution is 2.35. The van der Waals surface area contributed by atoms with Gasteiger partial charge in [0.2, 0.25) is 0 Å². The van der Waals surface area contributed by atoms with Gasteiger partial charge in [-0.1, -0.05) is 72.3 Å². The Kier molecular flexibility index (Phi) is 5.80. The summed E-state index contributed by atoms with van der Waals surface area (Å²) in [5, 5.41) is 9.27. The number of anilines is 2. The molecule has 4 aromatic rings. The van der Waals surface area contributed by atoms with Crippen LogP contribution in [0.5, 0.6) is 0 Å². The molecule has 5 rings (SSSR count). The van der Waals surface area contributed by atoms with Crippen LogP contribution in [0.2, 0.25) is 5.02 Å². The van der Waals surface area contributed by atoms with Crippen molar-refractivity contribution in [3.05, 3.63) is 95.5 Å². The second-order valence-electron chi connectivity index (χ2n) is 7.93. The number of hydrogen-bond acceptors (Lipinski definition) is 3. The highest BCUT2D eigenvalue weighted by Gasteiger charge is 2.18. The summed E-state index contributed by atoms with van der Waals surface area (Å²) in [4.78, 5) is 15.7. The van der Waals surface area contributed by atoms with E-state index in [1.165, 1.54) is 0 Å². The lowest BCUT2D eigenvalue weighted by atomic mass is 10.0. The second-order valence-corrected chi connectivity index (χ2v) is 8.34. The molecule has 0 aliphatic carbocycles. The molecule has 1 fully saturated rings. The molecule has 0 bridgehead atoms. The predicted molar refractivity (Wildman–Crippen MR) is 134 cm³/mol. The number of nitrogens with zero attached hydrogens (tertiary/aromatic N) is 1. The van der Waals surface area contributed by atoms with E-state index in [9.17, 15) is 4.79 Å². The summed E-state index contributed by atoms with van der Waals surface area (Å²) >= 11 is 6.46. The van der Waals surface area contributed by atoms with Crippen molar-refractivity contribution in [2.75, 3.05) is 36.4 Å². The Hall–Kier alpha value is -3.34. The van der Waals surface area contributed by atoms with Crippen LogP contribution >= 0.6 is 11.6 Å². The van der Waals surface area contributed by atoms with E-state index in [1.54, 1.807) is 0 Å². The molecule has 5 heteroatoms. The van der Waals surface area contributed by atoms with Crippen LogP contribution in [0.3, 0.4) is 0 Å². The molecule has 32 heavy (non-hydrogen) atoms. The van der Waals surface area contributed by atoms with Crippen LogP contribution in [0.25, 0.3) is 21.9 Å². The number of rotatable bonds is 4. The smallest absolute Gasteiger partial charge is 0.256 e. The lowest BCUT2D eigenvalue weighted by Crippen LogP contribution is -2.43. The summed E-state index contributed by atoms with van der Waals surface area (Å²) < 4.78 is 0. The molecular formula is C27H24ClN3O. The van der Waals surface area contributed by atoms with Crippen molar-refractivity contribution < 1.29 is 4.79 Å². The monoisotopic (exact) mass is 441 g/mol. The fourth-order valence-corrected chi connectivity index (χ4v) is 4.54. The molecule has 0 radical (unpaired) electrons. The maximum atomic E-state index is 13.4. The predicted octanol–water partition coefficient (Wildman–Crippen LogP) is 5.82. The number of carbonyl (C=O) groups is 1. The SMILES string of the molecule is O=C(Nc1cc(-c2ccccc2Cl)ccc1N1CCNCC1)c1cccc2ccccc12. The van der Waals surface area contributed by atoms with Crippen LogP contribution < -0.4 is 15.5 Å². The van der Waals surface area contributed by atoms with Gasteiger partial charge in [-0.25, -0.2) is 0 Å². The largest absolute Gasteiger partial charge is 0.367 e. The number of halogens is 1. The lowest BCUT2D eigenvalue weighted by molar-refractivity contribution is 0.102. The van der Waals surface area contributed by atoms with Gasteiger partial charge in [-0.15, -0.1) is 0 Å². The second kappa shape index (κ2) is 9.03. The summed E-state index contributed by atoms with van der Waals surface area (Å²) in [6, 6.07) is 27.8. The van der Waals surface area contributed by atoms with E-state index in [4.69, 9.17) is 11.6 Å². The first-order valence-electron chi connectivity index (χ1n) is 10.8. The van der Waals surface area contributed by atoms with Crippen LogP contribution in [0, 0.1) is 0 Å². The summed E-state index contributed by atoms with van der Waals surface area (Å²) in [7, 11) is 0. The average molecular weight is 442 g/mol. The maximum Gasteiger partial charge on any atom is 0.256 e. The molecule has 0 unspecified atom stereocenters. The molecule has 0 saturated carbocycles. The van der Waals surface area contributed by atoms with Gasteiger partial charge in [0, 0.05) is 42.3 Å². The van der Waals surface area contributed by atoms with E-state index < -0.39 is 0 Å². The molecular weight excluding hydrogens is 418 g/mol. The fraction of sp³-hybridized carbons (Fsp3) is 0.148. The zero-order valence-corrected chi connectivity index (χ0v) is 18.4. The third kappa shape index (κ3) is 4.07. The van der Waals surface area contributed by atoms with Gasteiger partial charge in [0.25, 0.3) is 5.91 Å². The molecule has 0 aromatic heterocycles. The van der Waals surface area contributed by atoms with E-state index >= 15 is 0 Å². The molecule has 0 atom stereocenters. The standard InChI is InChI=1S/C27H24ClN3O/c28-24-11-4-3-9-22(24)20-12-13-26(31-16-14-29-15-17-31)25(18-20)30-27(32)23-10-5-7-19-6-1-2-8-21(19)23/h1-13,18,29H,14-17H2,(H,30,32). The number of fused-ring (bicyclic) bond motifs is 1. The quantitative estimate of drug-likeness (QED) is 0.419. The minimum absolute atomic E-state index is 0.116. The summed E-state index contributed by atoms with van der Waals surface area (Å²) in [5.74, 6) is -0.116. The summed E-state index contributed by atoms with van der Waals surface area (Å²) in [5.41, 5.74) is 4.40. The molecule has 160 valence electrons. The van der Waals surface area contributed by atoms with Crippen LogP contribution in [-0.4, -0.2) is 32.1 Å². The van der Waals surface area contributed by atoms with E-state index in [-0.39, 0.29) is 5.91 Å². The van der Waals surface area contributed by atoms with E-state index in [1.807, 2.05) is 72.8 Å². The molecule has 1 amide bonds. The third-order valence-corrected chi connectivity index (χ3v) is 6.25. The molecule has 2 N–H and O–H groups in total. The molecule has 4 nitrogen and oxygen atoms in total. The van der Waals surface area contributed by atoms with Crippen molar-refractivity contribution in [3.8, 4) is 11.1 Å². The van der Waals surface area contributed by atoms with Gasteiger partial charge < -0.3 is 15.5 Å². The number of benzene rings is 4. The van der Waals surface area contributed by atoms with E-state index in [0.717, 1.165) is 59.5 Å². The minimum Gasteiger partial charge on any atom is -0.367 e. The number of carbonyl (C=O) groups excluding carboxylic acids is 1. The van der Waals surface area contributed by atoms with Gasteiger partial charge in [-0.05, 0) is 40.6 Å². The number of nitrogens with one attached hydrogen (secondary N) is 2. The van der Waals surface area contributed by atoms with Crippen molar-refractivity contribution >= 4 is 39.7 Å². The van der Waals surface area contributed by atoms with Crippen molar-refractivity contribution in [3.63, 3.8) is 0 Å². The molecule has 0 spiro atoms. The lowest BCUT2D eigenvalue weighted by Gasteiger charge is -2.31. The Bertz CT molecular complexity index is 1280. The van der Waals surface area contributed by atoms with Gasteiger partial charge in [0.15, 0.2) is 0 Å². The number of piperazine rings is 1. The first-order chi connectivity index (χ1) is 15.7. The van der Waals surface area contributed by atoms with E-state index in [0.29, 0.717) is 10.6 Å². The topological polar surface area (TPSA) is 44.4 Å². The van der Waals surface area contributed by atoms with E-state index in [2.05, 4.69) is 27.7 Å². The Morgan fingerprint density at radius 3 is 2.47 bits per heavy atom. The van der Waals surface area contributed by atoms with Crippen LogP contribution in [0.4, 0.5) is 11.4 Å². The highest BCUT2D eigenvalue weighted by molar-refractivity contribution is 6.33. The summed E-state index contributed by atoms with van der Waals surface area (Å²) in [6.07, 6.45) is 0. The van der Waals surface area contributed by atoms with Gasteiger partial charge >= 0.3 is 0 Å². The molecule has 1 heterocycles. The van der Waals surface area contributed by atoms with Crippen molar-refractivity contribution in [2.24, 2.45) is 0 Å². The maximum absolute atomic E-state index is 13.4. The Morgan fingerprint density at radius 2 is 1.62 bits per heavy atom. The Labute approximate surface area is 192 Å². The van der Waals surface area contributed by atoms with Crippen LogP contribution in [0.15, 0.2) is 84.9 Å². The van der Waals surface area contributed by atoms with Crippen molar-refractivity contribution in [1.29, 1.82) is 0 Å². The zero-order valence-electron chi connectivity index (χ0n) is 17.6. The Balaban J connectivity index is 1.56. The highest BCUT2D eigenvalue weighted by atomic mass is 35.5. The van der Waals surface area contributed by atoms with Gasteiger partial charge in [0.1, 0.15) is 0 Å². The van der Waals surface area contributed by atoms with Gasteiger partial charge in [-0.3, -0.25) is 4.79 Å². The first kappa shape index (κ1) is 20.6. The van der Waals surface area contributed by atoms with Crippen molar-refractivity contribution in [2.45, 2.75) is 0 Å². The van der Waals surface area contributed by atoms with Gasteiger partial charge in [-0.2, -0.15) is 0 Å². The van der Waals surface area contributed by atoms with Gasteiger partial charge in [0.05, 0.1) is 11.4 Å².